The second-order valence-corrected chi connectivity index (χ2v) is 6.58. The van der Waals surface area contributed by atoms with Gasteiger partial charge >= 0.3 is 0 Å². The lowest BCUT2D eigenvalue weighted by Gasteiger charge is -2.28. The standard InChI is InChI=1S/C12H15F3N2O2S/c1-7-4-8(2-3-16-7)17-20(18,19)12-6-10(14)9(13)5-11(12)15/h5-8,16-17H,2-4H2,1H3. The van der Waals surface area contributed by atoms with Crippen molar-refractivity contribution in [3.8, 4) is 0 Å². The number of hydrogen-bond acceptors (Lipinski definition) is 3. The third-order valence-corrected chi connectivity index (χ3v) is 4.75. The Labute approximate surface area is 115 Å². The molecule has 0 spiro atoms. The van der Waals surface area contributed by atoms with Crippen LogP contribution in [0.5, 0.6) is 0 Å². The van der Waals surface area contributed by atoms with E-state index in [9.17, 15) is 21.6 Å². The number of rotatable bonds is 3. The average Bonchev–Trinajstić information content (AvgIpc) is 2.33. The van der Waals surface area contributed by atoms with Crippen molar-refractivity contribution >= 4 is 10.0 Å². The molecule has 112 valence electrons. The smallest absolute Gasteiger partial charge is 0.243 e. The molecule has 1 aliphatic rings. The molecule has 0 amide bonds. The summed E-state index contributed by atoms with van der Waals surface area (Å²) in [5.74, 6) is -4.12. The van der Waals surface area contributed by atoms with Crippen LogP contribution >= 0.6 is 0 Å². The van der Waals surface area contributed by atoms with E-state index in [4.69, 9.17) is 0 Å². The molecule has 1 aromatic carbocycles. The molecule has 8 heteroatoms. The van der Waals surface area contributed by atoms with Gasteiger partial charge in [-0.15, -0.1) is 0 Å². The fourth-order valence-corrected chi connectivity index (χ4v) is 3.59. The van der Waals surface area contributed by atoms with Gasteiger partial charge in [-0.3, -0.25) is 0 Å². The molecule has 0 aliphatic carbocycles. The lowest BCUT2D eigenvalue weighted by Crippen LogP contribution is -2.46. The van der Waals surface area contributed by atoms with Gasteiger partial charge in [0.1, 0.15) is 10.7 Å². The zero-order valence-corrected chi connectivity index (χ0v) is 11.6. The van der Waals surface area contributed by atoms with Crippen molar-refractivity contribution in [3.63, 3.8) is 0 Å². The van der Waals surface area contributed by atoms with E-state index in [1.54, 1.807) is 0 Å². The minimum Gasteiger partial charge on any atom is -0.314 e. The van der Waals surface area contributed by atoms with Crippen molar-refractivity contribution in [2.75, 3.05) is 6.54 Å². The zero-order valence-electron chi connectivity index (χ0n) is 10.8. The zero-order chi connectivity index (χ0) is 14.9. The Morgan fingerprint density at radius 1 is 1.20 bits per heavy atom. The Kier molecular flexibility index (Phi) is 4.36. The summed E-state index contributed by atoms with van der Waals surface area (Å²) in [4.78, 5) is -0.873. The summed E-state index contributed by atoms with van der Waals surface area (Å²) in [6.45, 7) is 2.53. The summed E-state index contributed by atoms with van der Waals surface area (Å²) in [6, 6.07) is 0.363. The Balaban J connectivity index is 2.24. The predicted molar refractivity (Wildman–Crippen MR) is 67.1 cm³/mol. The second kappa shape index (κ2) is 5.71. The van der Waals surface area contributed by atoms with Crippen molar-refractivity contribution in [2.24, 2.45) is 0 Å². The fourth-order valence-electron chi connectivity index (χ4n) is 2.23. The molecule has 1 aromatic rings. The topological polar surface area (TPSA) is 58.2 Å². The number of hydrogen-bond donors (Lipinski definition) is 2. The Bertz CT molecular complexity index is 607. The van der Waals surface area contributed by atoms with Crippen LogP contribution < -0.4 is 10.0 Å². The minimum absolute atomic E-state index is 0.131. The summed E-state index contributed by atoms with van der Waals surface area (Å²) in [7, 11) is -4.21. The number of nitrogens with one attached hydrogen (secondary N) is 2. The van der Waals surface area contributed by atoms with Gasteiger partial charge in [-0.05, 0) is 32.4 Å². The number of halogens is 3. The first-order chi connectivity index (χ1) is 9.29. The highest BCUT2D eigenvalue weighted by Crippen LogP contribution is 2.20. The van der Waals surface area contributed by atoms with Gasteiger partial charge in [0.05, 0.1) is 0 Å². The first-order valence-electron chi connectivity index (χ1n) is 6.20. The molecule has 2 unspecified atom stereocenters. The monoisotopic (exact) mass is 308 g/mol. The molecule has 1 aliphatic heterocycles. The Hall–Kier alpha value is -1.12. The molecule has 0 bridgehead atoms. The predicted octanol–water partition coefficient (Wildman–Crippen LogP) is 1.52. The van der Waals surface area contributed by atoms with Gasteiger partial charge in [-0.2, -0.15) is 0 Å². The van der Waals surface area contributed by atoms with Crippen LogP contribution in [0.1, 0.15) is 19.8 Å². The van der Waals surface area contributed by atoms with E-state index < -0.39 is 32.4 Å². The van der Waals surface area contributed by atoms with E-state index in [1.807, 2.05) is 6.92 Å². The highest BCUT2D eigenvalue weighted by Gasteiger charge is 2.27. The Morgan fingerprint density at radius 3 is 2.50 bits per heavy atom. The quantitative estimate of drug-likeness (QED) is 0.833. The van der Waals surface area contributed by atoms with Crippen LogP contribution in [0.2, 0.25) is 0 Å². The van der Waals surface area contributed by atoms with Crippen molar-refractivity contribution in [3.05, 3.63) is 29.6 Å². The van der Waals surface area contributed by atoms with Gasteiger partial charge < -0.3 is 5.32 Å². The van der Waals surface area contributed by atoms with E-state index in [0.29, 0.717) is 25.5 Å². The second-order valence-electron chi connectivity index (χ2n) is 4.89. The van der Waals surface area contributed by atoms with E-state index >= 15 is 0 Å². The summed E-state index contributed by atoms with van der Waals surface area (Å²) in [5.41, 5.74) is 0. The summed E-state index contributed by atoms with van der Waals surface area (Å²) in [6.07, 6.45) is 1.10. The van der Waals surface area contributed by atoms with Crippen molar-refractivity contribution in [1.29, 1.82) is 0 Å². The SMILES string of the molecule is CC1CC(NS(=O)(=O)c2cc(F)c(F)cc2F)CCN1. The summed E-state index contributed by atoms with van der Waals surface area (Å²) in [5, 5.41) is 3.15. The van der Waals surface area contributed by atoms with Gasteiger partial charge in [-0.1, -0.05) is 0 Å². The molecule has 0 aromatic heterocycles. The van der Waals surface area contributed by atoms with Crippen LogP contribution in [-0.2, 0) is 10.0 Å². The van der Waals surface area contributed by atoms with Gasteiger partial charge in [0.2, 0.25) is 10.0 Å². The first-order valence-corrected chi connectivity index (χ1v) is 7.68. The van der Waals surface area contributed by atoms with Crippen LogP contribution in [0.15, 0.2) is 17.0 Å². The molecule has 0 saturated carbocycles. The molecule has 1 saturated heterocycles. The normalized spacial score (nSPS) is 23.8. The molecule has 0 radical (unpaired) electrons. The van der Waals surface area contributed by atoms with Gasteiger partial charge in [-0.25, -0.2) is 26.3 Å². The maximum absolute atomic E-state index is 13.5. The number of sulfonamides is 1. The summed E-state index contributed by atoms with van der Waals surface area (Å²) < 4.78 is 65.8. The third kappa shape index (κ3) is 3.31. The lowest BCUT2D eigenvalue weighted by molar-refractivity contribution is 0.361. The lowest BCUT2D eigenvalue weighted by atomic mass is 10.0. The maximum atomic E-state index is 13.5. The van der Waals surface area contributed by atoms with E-state index in [0.717, 1.165) is 0 Å². The molecule has 2 atom stereocenters. The number of benzene rings is 1. The minimum atomic E-state index is -4.21. The molecular weight excluding hydrogens is 293 g/mol. The van der Waals surface area contributed by atoms with Gasteiger partial charge in [0.15, 0.2) is 11.6 Å². The number of piperidine rings is 1. The molecule has 4 nitrogen and oxygen atoms in total. The first kappa shape index (κ1) is 15.3. The van der Waals surface area contributed by atoms with Crippen LogP contribution in [0, 0.1) is 17.5 Å². The van der Waals surface area contributed by atoms with E-state index in [1.165, 1.54) is 0 Å². The average molecular weight is 308 g/mol. The molecule has 1 fully saturated rings. The molecule has 20 heavy (non-hydrogen) atoms. The van der Waals surface area contributed by atoms with E-state index in [2.05, 4.69) is 10.0 Å². The largest absolute Gasteiger partial charge is 0.314 e. The van der Waals surface area contributed by atoms with Crippen LogP contribution in [0.25, 0.3) is 0 Å². The maximum Gasteiger partial charge on any atom is 0.243 e. The van der Waals surface area contributed by atoms with Gasteiger partial charge in [0.25, 0.3) is 0 Å². The van der Waals surface area contributed by atoms with Crippen LogP contribution in [-0.4, -0.2) is 27.0 Å². The third-order valence-electron chi connectivity index (χ3n) is 3.21. The van der Waals surface area contributed by atoms with Crippen LogP contribution in [0.3, 0.4) is 0 Å². The van der Waals surface area contributed by atoms with Gasteiger partial charge in [0, 0.05) is 18.2 Å². The molecule has 1 heterocycles. The fraction of sp³-hybridized carbons (Fsp3) is 0.500. The van der Waals surface area contributed by atoms with Crippen molar-refractivity contribution in [1.82, 2.24) is 10.0 Å². The van der Waals surface area contributed by atoms with Crippen LogP contribution in [0.4, 0.5) is 13.2 Å². The molecule has 2 rings (SSSR count). The summed E-state index contributed by atoms with van der Waals surface area (Å²) >= 11 is 0. The Morgan fingerprint density at radius 2 is 1.85 bits per heavy atom. The van der Waals surface area contributed by atoms with Crippen molar-refractivity contribution in [2.45, 2.75) is 36.7 Å². The van der Waals surface area contributed by atoms with E-state index in [-0.39, 0.29) is 18.2 Å². The molecular formula is C12H15F3N2O2S. The highest BCUT2D eigenvalue weighted by molar-refractivity contribution is 7.89. The van der Waals surface area contributed by atoms with Crippen molar-refractivity contribution < 1.29 is 21.6 Å². The highest BCUT2D eigenvalue weighted by atomic mass is 32.2. The molecule has 2 N–H and O–H groups in total.